The van der Waals surface area contributed by atoms with Gasteiger partial charge in [-0.2, -0.15) is 0 Å². The number of rotatable bonds is 4. The molecule has 2 aromatic rings. The molecule has 1 heterocycles. The summed E-state index contributed by atoms with van der Waals surface area (Å²) in [5.41, 5.74) is 7.62. The summed E-state index contributed by atoms with van der Waals surface area (Å²) < 4.78 is 30.6. The van der Waals surface area contributed by atoms with Crippen LogP contribution in [0.2, 0.25) is 0 Å². The summed E-state index contributed by atoms with van der Waals surface area (Å²) in [7, 11) is 0. The van der Waals surface area contributed by atoms with Gasteiger partial charge in [-0.25, -0.2) is 8.78 Å². The molecule has 90 valence electrons. The lowest BCUT2D eigenvalue weighted by Gasteiger charge is -2.10. The minimum absolute atomic E-state index is 0.141. The van der Waals surface area contributed by atoms with E-state index in [4.69, 9.17) is 10.2 Å². The average Bonchev–Trinajstić information content (AvgIpc) is 2.76. The molecule has 0 fully saturated rings. The van der Waals surface area contributed by atoms with E-state index in [2.05, 4.69) is 0 Å². The fourth-order valence-electron chi connectivity index (χ4n) is 1.75. The Bertz CT molecular complexity index is 482. The summed E-state index contributed by atoms with van der Waals surface area (Å²) in [5.74, 6) is -1.67. The van der Waals surface area contributed by atoms with Gasteiger partial charge in [0, 0.05) is 6.04 Å². The minimum atomic E-state index is -0.836. The monoisotopic (exact) mass is 237 g/mol. The van der Waals surface area contributed by atoms with E-state index in [9.17, 15) is 8.78 Å². The van der Waals surface area contributed by atoms with Gasteiger partial charge in [0.2, 0.25) is 0 Å². The Kier molecular flexibility index (Phi) is 3.54. The highest BCUT2D eigenvalue weighted by molar-refractivity contribution is 5.19. The van der Waals surface area contributed by atoms with Crippen LogP contribution in [0.4, 0.5) is 8.78 Å². The predicted octanol–water partition coefficient (Wildman–Crippen LogP) is 2.67. The molecule has 4 heteroatoms. The van der Waals surface area contributed by atoms with E-state index in [1.54, 1.807) is 18.6 Å². The van der Waals surface area contributed by atoms with Gasteiger partial charge >= 0.3 is 0 Å². The van der Waals surface area contributed by atoms with Crippen molar-refractivity contribution in [3.63, 3.8) is 0 Å². The lowest BCUT2D eigenvalue weighted by molar-refractivity contribution is 0.506. The van der Waals surface area contributed by atoms with Crippen molar-refractivity contribution in [2.24, 2.45) is 5.73 Å². The molecule has 0 spiro atoms. The molecule has 0 saturated heterocycles. The molecule has 0 saturated carbocycles. The van der Waals surface area contributed by atoms with Crippen LogP contribution in [0.5, 0.6) is 0 Å². The first-order chi connectivity index (χ1) is 8.15. The van der Waals surface area contributed by atoms with Crippen LogP contribution in [0.3, 0.4) is 0 Å². The third-order valence-electron chi connectivity index (χ3n) is 2.56. The van der Waals surface area contributed by atoms with Crippen molar-refractivity contribution in [1.29, 1.82) is 0 Å². The molecular weight excluding hydrogens is 224 g/mol. The van der Waals surface area contributed by atoms with Crippen molar-refractivity contribution >= 4 is 0 Å². The van der Waals surface area contributed by atoms with E-state index < -0.39 is 11.6 Å². The zero-order chi connectivity index (χ0) is 12.3. The molecule has 0 amide bonds. The van der Waals surface area contributed by atoms with Crippen LogP contribution < -0.4 is 5.73 Å². The minimum Gasteiger partial charge on any atom is -0.472 e. The maximum atomic E-state index is 13.0. The molecule has 0 aliphatic carbocycles. The van der Waals surface area contributed by atoms with Crippen LogP contribution in [0.25, 0.3) is 0 Å². The predicted molar refractivity (Wildman–Crippen MR) is 60.4 cm³/mol. The number of hydrogen-bond acceptors (Lipinski definition) is 2. The molecular formula is C13H13F2NO. The molecule has 1 unspecified atom stereocenters. The number of halogens is 2. The Balaban J connectivity index is 1.98. The molecule has 0 radical (unpaired) electrons. The topological polar surface area (TPSA) is 39.2 Å². The summed E-state index contributed by atoms with van der Waals surface area (Å²) >= 11 is 0. The molecule has 1 atom stereocenters. The second kappa shape index (κ2) is 5.10. The van der Waals surface area contributed by atoms with E-state index in [1.165, 1.54) is 6.07 Å². The maximum absolute atomic E-state index is 13.0. The van der Waals surface area contributed by atoms with Crippen molar-refractivity contribution < 1.29 is 13.2 Å². The van der Waals surface area contributed by atoms with Crippen molar-refractivity contribution in [1.82, 2.24) is 0 Å². The smallest absolute Gasteiger partial charge is 0.159 e. The van der Waals surface area contributed by atoms with Gasteiger partial charge in [0.05, 0.1) is 12.5 Å². The van der Waals surface area contributed by atoms with Gasteiger partial charge in [-0.3, -0.25) is 0 Å². The van der Waals surface area contributed by atoms with Crippen LogP contribution in [-0.2, 0) is 12.8 Å². The number of benzene rings is 1. The van der Waals surface area contributed by atoms with Gasteiger partial charge in [-0.1, -0.05) is 6.07 Å². The largest absolute Gasteiger partial charge is 0.472 e. The van der Waals surface area contributed by atoms with Crippen LogP contribution in [0.15, 0.2) is 41.2 Å². The standard InChI is InChI=1S/C13H13F2NO/c14-12-2-1-9(7-13(12)15)5-11(16)6-10-3-4-17-8-10/h1-4,7-8,11H,5-6,16H2. The normalized spacial score (nSPS) is 12.6. The molecule has 2 nitrogen and oxygen atoms in total. The Morgan fingerprint density at radius 2 is 1.82 bits per heavy atom. The van der Waals surface area contributed by atoms with Crippen molar-refractivity contribution in [2.45, 2.75) is 18.9 Å². The number of nitrogens with two attached hydrogens (primary N) is 1. The lowest BCUT2D eigenvalue weighted by atomic mass is 10.0. The first-order valence-corrected chi connectivity index (χ1v) is 5.36. The van der Waals surface area contributed by atoms with Crippen molar-refractivity contribution in [2.75, 3.05) is 0 Å². The van der Waals surface area contributed by atoms with Gasteiger partial charge in [-0.05, 0) is 42.2 Å². The van der Waals surface area contributed by atoms with E-state index in [-0.39, 0.29) is 6.04 Å². The molecule has 0 aliphatic rings. The lowest BCUT2D eigenvalue weighted by Crippen LogP contribution is -2.25. The molecule has 0 bridgehead atoms. The van der Waals surface area contributed by atoms with Gasteiger partial charge in [-0.15, -0.1) is 0 Å². The van der Waals surface area contributed by atoms with Gasteiger partial charge in [0.15, 0.2) is 11.6 Å². The molecule has 1 aromatic heterocycles. The average molecular weight is 237 g/mol. The van der Waals surface area contributed by atoms with Gasteiger partial charge < -0.3 is 10.2 Å². The van der Waals surface area contributed by atoms with E-state index in [0.29, 0.717) is 18.4 Å². The van der Waals surface area contributed by atoms with Crippen molar-refractivity contribution in [3.05, 3.63) is 59.6 Å². The first-order valence-electron chi connectivity index (χ1n) is 5.36. The maximum Gasteiger partial charge on any atom is 0.159 e. The van der Waals surface area contributed by atoms with Crippen LogP contribution in [0, 0.1) is 11.6 Å². The summed E-state index contributed by atoms with van der Waals surface area (Å²) in [6.07, 6.45) is 4.36. The molecule has 0 aliphatic heterocycles. The van der Waals surface area contributed by atoms with Gasteiger partial charge in [0.1, 0.15) is 0 Å². The van der Waals surface area contributed by atoms with Crippen LogP contribution >= 0.6 is 0 Å². The highest BCUT2D eigenvalue weighted by Gasteiger charge is 2.08. The molecule has 2 N–H and O–H groups in total. The van der Waals surface area contributed by atoms with Crippen molar-refractivity contribution in [3.8, 4) is 0 Å². The van der Waals surface area contributed by atoms with E-state index >= 15 is 0 Å². The molecule has 2 rings (SSSR count). The molecule has 17 heavy (non-hydrogen) atoms. The molecule has 1 aromatic carbocycles. The van der Waals surface area contributed by atoms with Crippen LogP contribution in [0.1, 0.15) is 11.1 Å². The van der Waals surface area contributed by atoms with E-state index in [0.717, 1.165) is 11.6 Å². The Labute approximate surface area is 98.0 Å². The highest BCUT2D eigenvalue weighted by atomic mass is 19.2. The number of hydrogen-bond donors (Lipinski definition) is 1. The Morgan fingerprint density at radius 1 is 1.06 bits per heavy atom. The Hall–Kier alpha value is -1.68. The highest BCUT2D eigenvalue weighted by Crippen LogP contribution is 2.12. The van der Waals surface area contributed by atoms with E-state index in [1.807, 2.05) is 6.07 Å². The summed E-state index contributed by atoms with van der Waals surface area (Å²) in [6.45, 7) is 0. The third kappa shape index (κ3) is 3.14. The zero-order valence-corrected chi connectivity index (χ0v) is 9.20. The number of furan rings is 1. The fourth-order valence-corrected chi connectivity index (χ4v) is 1.75. The quantitative estimate of drug-likeness (QED) is 0.887. The summed E-state index contributed by atoms with van der Waals surface area (Å²) in [6, 6.07) is 5.55. The van der Waals surface area contributed by atoms with Gasteiger partial charge in [0.25, 0.3) is 0 Å². The second-order valence-electron chi connectivity index (χ2n) is 4.05. The zero-order valence-electron chi connectivity index (χ0n) is 9.20. The summed E-state index contributed by atoms with van der Waals surface area (Å²) in [5, 5.41) is 0. The summed E-state index contributed by atoms with van der Waals surface area (Å²) in [4.78, 5) is 0. The van der Waals surface area contributed by atoms with Crippen LogP contribution in [-0.4, -0.2) is 6.04 Å². The Morgan fingerprint density at radius 3 is 2.47 bits per heavy atom. The second-order valence-corrected chi connectivity index (χ2v) is 4.05. The SMILES string of the molecule is NC(Cc1ccoc1)Cc1ccc(F)c(F)c1. The first kappa shape index (κ1) is 11.8. The third-order valence-corrected chi connectivity index (χ3v) is 2.56. The fraction of sp³-hybridized carbons (Fsp3) is 0.231.